The molecular weight excluding hydrogens is 206 g/mol. The topological polar surface area (TPSA) is 48.2 Å². The lowest BCUT2D eigenvalue weighted by Gasteiger charge is -2.25. The van der Waals surface area contributed by atoms with Gasteiger partial charge >= 0.3 is 0 Å². The smallest absolute Gasteiger partial charge is 0.183 e. The summed E-state index contributed by atoms with van der Waals surface area (Å²) in [4.78, 5) is 4.55. The van der Waals surface area contributed by atoms with Gasteiger partial charge in [0, 0.05) is 0 Å². The van der Waals surface area contributed by atoms with Crippen molar-refractivity contribution in [2.24, 2.45) is 10.9 Å². The summed E-state index contributed by atoms with van der Waals surface area (Å²) in [6, 6.07) is 0.341. The van der Waals surface area contributed by atoms with Gasteiger partial charge in [-0.2, -0.15) is 5.26 Å². The van der Waals surface area contributed by atoms with Crippen LogP contribution in [0, 0.1) is 17.4 Å². The molecule has 1 atom stereocenters. The van der Waals surface area contributed by atoms with Crippen molar-refractivity contribution in [2.45, 2.75) is 45.1 Å². The van der Waals surface area contributed by atoms with Crippen LogP contribution in [0.1, 0.15) is 39.0 Å². The van der Waals surface area contributed by atoms with Crippen molar-refractivity contribution in [1.29, 1.82) is 5.26 Å². The number of thioether (sulfide) groups is 1. The van der Waals surface area contributed by atoms with E-state index in [1.807, 2.05) is 12.4 Å². The van der Waals surface area contributed by atoms with Gasteiger partial charge < -0.3 is 0 Å². The van der Waals surface area contributed by atoms with Gasteiger partial charge in [0.05, 0.1) is 6.04 Å². The second kappa shape index (κ2) is 6.73. The van der Waals surface area contributed by atoms with E-state index in [1.165, 1.54) is 43.9 Å². The summed E-state index contributed by atoms with van der Waals surface area (Å²) in [5, 5.41) is 11.9. The summed E-state index contributed by atoms with van der Waals surface area (Å²) < 4.78 is 0. The van der Waals surface area contributed by atoms with Gasteiger partial charge in [-0.1, -0.05) is 31.0 Å². The van der Waals surface area contributed by atoms with E-state index < -0.39 is 0 Å². The van der Waals surface area contributed by atoms with Gasteiger partial charge in [-0.05, 0) is 31.9 Å². The molecule has 0 bridgehead atoms. The predicted octanol–water partition coefficient (Wildman–Crippen LogP) is 2.74. The third-order valence-corrected chi connectivity index (χ3v) is 3.60. The van der Waals surface area contributed by atoms with Crippen molar-refractivity contribution in [3.05, 3.63) is 0 Å². The molecule has 4 heteroatoms. The van der Waals surface area contributed by atoms with E-state index in [-0.39, 0.29) is 0 Å². The molecule has 1 N–H and O–H groups in total. The Bertz CT molecular complexity index is 251. The lowest BCUT2D eigenvalue weighted by Crippen LogP contribution is -2.23. The van der Waals surface area contributed by atoms with Crippen molar-refractivity contribution in [3.63, 3.8) is 0 Å². The van der Waals surface area contributed by atoms with Crippen molar-refractivity contribution in [2.75, 3.05) is 6.26 Å². The summed E-state index contributed by atoms with van der Waals surface area (Å²) >= 11 is 1.50. The molecule has 0 aliphatic heterocycles. The zero-order chi connectivity index (χ0) is 11.1. The number of nitriles is 1. The number of aliphatic imine (C=N–C) groups is 1. The molecule has 1 aliphatic rings. The van der Waals surface area contributed by atoms with Crippen LogP contribution >= 0.6 is 11.8 Å². The molecule has 3 nitrogen and oxygen atoms in total. The number of amidine groups is 1. The van der Waals surface area contributed by atoms with Gasteiger partial charge in [-0.15, -0.1) is 0 Å². The van der Waals surface area contributed by atoms with E-state index >= 15 is 0 Å². The standard InChI is InChI=1S/C11H19N3S/c1-9(10-6-4-3-5-7-10)14-11(15-2)13-8-12/h9-10H,3-7H2,1-2H3,(H,13,14)/t9-/m1/s1. The first-order valence-electron chi connectivity index (χ1n) is 5.54. The number of nitrogens with zero attached hydrogens (tertiary/aromatic N) is 2. The third-order valence-electron chi connectivity index (χ3n) is 3.01. The fraction of sp³-hybridized carbons (Fsp3) is 0.818. The average molecular weight is 225 g/mol. The maximum Gasteiger partial charge on any atom is 0.183 e. The van der Waals surface area contributed by atoms with Crippen molar-refractivity contribution in [1.82, 2.24) is 5.32 Å². The van der Waals surface area contributed by atoms with Gasteiger partial charge in [-0.25, -0.2) is 0 Å². The molecule has 0 saturated heterocycles. The summed E-state index contributed by atoms with van der Waals surface area (Å²) in [6.45, 7) is 2.16. The third kappa shape index (κ3) is 4.13. The number of nitrogens with one attached hydrogen (secondary N) is 1. The van der Waals surface area contributed by atoms with Crippen LogP contribution in [0.3, 0.4) is 0 Å². The van der Waals surface area contributed by atoms with E-state index in [1.54, 1.807) is 0 Å². The number of hydrogen-bond donors (Lipinski definition) is 1. The molecule has 0 unspecified atom stereocenters. The second-order valence-corrected chi connectivity index (χ2v) is 4.81. The molecule has 1 fully saturated rings. The van der Waals surface area contributed by atoms with E-state index in [4.69, 9.17) is 5.26 Å². The lowest BCUT2D eigenvalue weighted by molar-refractivity contribution is 0.318. The lowest BCUT2D eigenvalue weighted by atomic mass is 9.85. The number of hydrogen-bond acceptors (Lipinski definition) is 3. The Morgan fingerprint density at radius 3 is 2.67 bits per heavy atom. The Labute approximate surface area is 96.3 Å². The van der Waals surface area contributed by atoms with Crippen molar-refractivity contribution in [3.8, 4) is 6.19 Å². The Morgan fingerprint density at radius 2 is 2.13 bits per heavy atom. The molecule has 0 aromatic rings. The first-order chi connectivity index (χ1) is 7.27. The summed E-state index contributed by atoms with van der Waals surface area (Å²) in [6.07, 6.45) is 10.5. The monoisotopic (exact) mass is 225 g/mol. The molecule has 1 saturated carbocycles. The highest BCUT2D eigenvalue weighted by atomic mass is 32.2. The van der Waals surface area contributed by atoms with E-state index in [0.717, 1.165) is 5.17 Å². The molecule has 15 heavy (non-hydrogen) atoms. The molecule has 0 amide bonds. The van der Waals surface area contributed by atoms with Crippen LogP contribution in [0.25, 0.3) is 0 Å². The molecule has 0 aromatic carbocycles. The van der Waals surface area contributed by atoms with E-state index in [0.29, 0.717) is 12.0 Å². The minimum Gasteiger partial charge on any atom is -0.272 e. The first-order valence-corrected chi connectivity index (χ1v) is 6.77. The highest BCUT2D eigenvalue weighted by Gasteiger charge is 2.19. The normalized spacial score (nSPS) is 20.7. The van der Waals surface area contributed by atoms with Gasteiger partial charge in [-0.3, -0.25) is 10.3 Å². The van der Waals surface area contributed by atoms with Crippen LogP contribution in [-0.2, 0) is 0 Å². The fourth-order valence-electron chi connectivity index (χ4n) is 2.09. The highest BCUT2D eigenvalue weighted by molar-refractivity contribution is 8.13. The first kappa shape index (κ1) is 12.4. The largest absolute Gasteiger partial charge is 0.272 e. The Balaban J connectivity index is 2.50. The average Bonchev–Trinajstić information content (AvgIpc) is 2.29. The van der Waals surface area contributed by atoms with Crippen LogP contribution in [-0.4, -0.2) is 17.5 Å². The summed E-state index contributed by atoms with van der Waals surface area (Å²) in [5.74, 6) is 0.710. The minimum absolute atomic E-state index is 0.341. The molecule has 84 valence electrons. The van der Waals surface area contributed by atoms with Crippen LogP contribution in [0.4, 0.5) is 0 Å². The Hall–Kier alpha value is -0.690. The molecule has 1 rings (SSSR count). The van der Waals surface area contributed by atoms with E-state index in [2.05, 4.69) is 17.2 Å². The zero-order valence-electron chi connectivity index (χ0n) is 9.49. The van der Waals surface area contributed by atoms with Crippen molar-refractivity contribution >= 4 is 16.9 Å². The molecule has 0 spiro atoms. The number of rotatable bonds is 2. The van der Waals surface area contributed by atoms with E-state index in [9.17, 15) is 0 Å². The minimum atomic E-state index is 0.341. The SMILES string of the molecule is CSC(=N[C@H](C)C1CCCCC1)NC#N. The summed E-state index contributed by atoms with van der Waals surface area (Å²) in [7, 11) is 0. The summed E-state index contributed by atoms with van der Waals surface area (Å²) in [5.41, 5.74) is 0. The molecule has 0 heterocycles. The van der Waals surface area contributed by atoms with Gasteiger partial charge in [0.25, 0.3) is 0 Å². The Morgan fingerprint density at radius 1 is 1.47 bits per heavy atom. The second-order valence-electron chi connectivity index (χ2n) is 4.01. The van der Waals surface area contributed by atoms with Gasteiger partial charge in [0.1, 0.15) is 0 Å². The van der Waals surface area contributed by atoms with Gasteiger partial charge in [0.15, 0.2) is 11.4 Å². The molecule has 1 aliphatic carbocycles. The zero-order valence-corrected chi connectivity index (χ0v) is 10.3. The van der Waals surface area contributed by atoms with Crippen LogP contribution in [0.2, 0.25) is 0 Å². The fourth-order valence-corrected chi connectivity index (χ4v) is 2.51. The van der Waals surface area contributed by atoms with Crippen LogP contribution < -0.4 is 5.32 Å². The van der Waals surface area contributed by atoms with Gasteiger partial charge in [0.2, 0.25) is 0 Å². The Kier molecular flexibility index (Phi) is 5.56. The highest BCUT2D eigenvalue weighted by Crippen LogP contribution is 2.28. The van der Waals surface area contributed by atoms with Crippen LogP contribution in [0.15, 0.2) is 4.99 Å². The van der Waals surface area contributed by atoms with Crippen LogP contribution in [0.5, 0.6) is 0 Å². The molecular formula is C11H19N3S. The maximum absolute atomic E-state index is 8.54. The molecule has 0 radical (unpaired) electrons. The van der Waals surface area contributed by atoms with Crippen molar-refractivity contribution < 1.29 is 0 Å². The predicted molar refractivity (Wildman–Crippen MR) is 65.7 cm³/mol. The maximum atomic E-state index is 8.54. The molecule has 0 aromatic heterocycles. The quantitative estimate of drug-likeness (QED) is 0.340.